The third-order valence-corrected chi connectivity index (χ3v) is 14.7. The van der Waals surface area contributed by atoms with Crippen molar-refractivity contribution in [1.29, 1.82) is 0 Å². The van der Waals surface area contributed by atoms with E-state index in [1.807, 2.05) is 0 Å². The van der Waals surface area contributed by atoms with Crippen LogP contribution in [-0.2, 0) is 5.41 Å². The molecule has 0 saturated heterocycles. The Morgan fingerprint density at radius 2 is 1.04 bits per heavy atom. The Morgan fingerprint density at radius 3 is 1.85 bits per heavy atom. The monoisotopic (exact) mass is 856 g/mol. The molecule has 4 heteroatoms. The highest BCUT2D eigenvalue weighted by molar-refractivity contribution is 6.14. The first kappa shape index (κ1) is 38.0. The van der Waals surface area contributed by atoms with E-state index < -0.39 is 0 Å². The van der Waals surface area contributed by atoms with E-state index in [4.69, 9.17) is 9.97 Å². The smallest absolute Gasteiger partial charge is 0.160 e. The van der Waals surface area contributed by atoms with E-state index in [1.165, 1.54) is 87.4 Å². The standard InChI is InChI=1S/C63H44N4/c1-63(2)53-31-28-39-16-9-10-23-46(39)60(53)52-37-51-50-36-42(41-29-32-57-49(35-41)47-24-12-14-27-56(47)66(57)44-20-7-4-8-21-44)30-33-58(50)67(59(51)38-54(52)63)45-22-15-19-43(34-45)62-64-55-26-13-11-25-48(55)61(65-62)40-17-5-3-6-18-40/h3-8,11-38H,9-10H2,1-2H3. The molecule has 2 aliphatic carbocycles. The molecule has 0 N–H and O–H groups in total. The fraction of sp³-hybridized carbons (Fsp3) is 0.0794. The van der Waals surface area contributed by atoms with Crippen LogP contribution >= 0.6 is 0 Å². The molecule has 0 saturated carbocycles. The molecule has 0 unspecified atom stereocenters. The zero-order valence-electron chi connectivity index (χ0n) is 37.3. The van der Waals surface area contributed by atoms with E-state index in [1.54, 1.807) is 0 Å². The minimum Gasteiger partial charge on any atom is -0.309 e. The van der Waals surface area contributed by atoms with Gasteiger partial charge in [-0.2, -0.15) is 0 Å². The maximum absolute atomic E-state index is 5.29. The van der Waals surface area contributed by atoms with E-state index >= 15 is 0 Å². The maximum Gasteiger partial charge on any atom is 0.160 e. The summed E-state index contributed by atoms with van der Waals surface area (Å²) in [7, 11) is 0. The van der Waals surface area contributed by atoms with Gasteiger partial charge in [-0.1, -0.05) is 147 Å². The van der Waals surface area contributed by atoms with Crippen LogP contribution in [0.25, 0.3) is 123 Å². The lowest BCUT2D eigenvalue weighted by atomic mass is 9.82. The number of nitrogens with zero attached hydrogens (tertiary/aromatic N) is 4. The number of hydrogen-bond donors (Lipinski definition) is 0. The summed E-state index contributed by atoms with van der Waals surface area (Å²) in [4.78, 5) is 10.5. The second-order valence-electron chi connectivity index (χ2n) is 18.8. The molecule has 0 amide bonds. The number of aromatic nitrogens is 4. The number of para-hydroxylation sites is 3. The molecule has 3 aromatic heterocycles. The van der Waals surface area contributed by atoms with E-state index in [0.29, 0.717) is 5.82 Å². The first-order valence-corrected chi connectivity index (χ1v) is 23.5. The van der Waals surface area contributed by atoms with E-state index in [0.717, 1.165) is 51.9 Å². The van der Waals surface area contributed by atoms with Crippen molar-refractivity contribution in [3.8, 4) is 56.3 Å². The number of benzene rings is 9. The van der Waals surface area contributed by atoms with Crippen LogP contribution in [0.4, 0.5) is 0 Å². The van der Waals surface area contributed by atoms with Crippen LogP contribution < -0.4 is 10.4 Å². The summed E-state index contributed by atoms with van der Waals surface area (Å²) in [6.45, 7) is 4.81. The maximum atomic E-state index is 5.29. The van der Waals surface area contributed by atoms with Gasteiger partial charge in [0.2, 0.25) is 0 Å². The van der Waals surface area contributed by atoms with Gasteiger partial charge in [0.15, 0.2) is 5.82 Å². The van der Waals surface area contributed by atoms with Crippen LogP contribution in [-0.4, -0.2) is 19.1 Å². The Labute approximate surface area is 388 Å². The third-order valence-electron chi connectivity index (χ3n) is 14.7. The summed E-state index contributed by atoms with van der Waals surface area (Å²) in [5, 5.41) is 8.76. The molecule has 9 aromatic carbocycles. The first-order chi connectivity index (χ1) is 33.0. The molecule has 0 bridgehead atoms. The number of rotatable bonds is 5. The molecule has 0 spiro atoms. The van der Waals surface area contributed by atoms with E-state index in [9.17, 15) is 0 Å². The largest absolute Gasteiger partial charge is 0.309 e. The first-order valence-electron chi connectivity index (χ1n) is 23.5. The van der Waals surface area contributed by atoms with Gasteiger partial charge in [-0.15, -0.1) is 0 Å². The summed E-state index contributed by atoms with van der Waals surface area (Å²) in [5.74, 6) is 0.710. The van der Waals surface area contributed by atoms with Crippen LogP contribution in [0.15, 0.2) is 194 Å². The highest BCUT2D eigenvalue weighted by atomic mass is 15.0. The van der Waals surface area contributed by atoms with Crippen molar-refractivity contribution in [3.05, 3.63) is 216 Å². The van der Waals surface area contributed by atoms with Gasteiger partial charge >= 0.3 is 0 Å². The van der Waals surface area contributed by atoms with Crippen LogP contribution in [0.2, 0.25) is 0 Å². The molecular formula is C63H44N4. The van der Waals surface area contributed by atoms with Crippen molar-refractivity contribution in [2.75, 3.05) is 0 Å². The lowest BCUT2D eigenvalue weighted by molar-refractivity contribution is 0.660. The van der Waals surface area contributed by atoms with Gasteiger partial charge in [-0.05, 0) is 129 Å². The molecule has 0 atom stereocenters. The van der Waals surface area contributed by atoms with Gasteiger partial charge in [0.05, 0.1) is 33.3 Å². The summed E-state index contributed by atoms with van der Waals surface area (Å²) in [6.07, 6.45) is 7.05. The van der Waals surface area contributed by atoms with Gasteiger partial charge in [0.25, 0.3) is 0 Å². The fourth-order valence-electron chi connectivity index (χ4n) is 11.5. The lowest BCUT2D eigenvalue weighted by Crippen LogP contribution is -2.30. The normalized spacial score (nSPS) is 13.8. The lowest BCUT2D eigenvalue weighted by Gasteiger charge is -2.22. The average molecular weight is 857 g/mol. The highest BCUT2D eigenvalue weighted by Gasteiger charge is 2.37. The molecule has 0 radical (unpaired) electrons. The summed E-state index contributed by atoms with van der Waals surface area (Å²) in [6, 6.07) is 70.9. The van der Waals surface area contributed by atoms with Crippen molar-refractivity contribution in [2.45, 2.75) is 32.1 Å². The Balaban J connectivity index is 1.00. The summed E-state index contributed by atoms with van der Waals surface area (Å²) in [5.41, 5.74) is 18.7. The van der Waals surface area contributed by atoms with Gasteiger partial charge in [-0.3, -0.25) is 0 Å². The molecule has 14 rings (SSSR count). The minimum absolute atomic E-state index is 0.172. The summed E-state index contributed by atoms with van der Waals surface area (Å²) < 4.78 is 4.86. The fourth-order valence-corrected chi connectivity index (χ4v) is 11.5. The molecule has 4 nitrogen and oxygen atoms in total. The molecule has 2 aliphatic rings. The Bertz CT molecular complexity index is 4170. The van der Waals surface area contributed by atoms with Crippen LogP contribution in [0.1, 0.15) is 37.8 Å². The number of hydrogen-bond acceptors (Lipinski definition) is 2. The molecule has 67 heavy (non-hydrogen) atoms. The molecule has 0 aliphatic heterocycles. The van der Waals surface area contributed by atoms with Crippen LogP contribution in [0.3, 0.4) is 0 Å². The van der Waals surface area contributed by atoms with Crippen molar-refractivity contribution in [2.24, 2.45) is 0 Å². The second-order valence-corrected chi connectivity index (χ2v) is 18.8. The zero-order valence-corrected chi connectivity index (χ0v) is 37.3. The summed E-state index contributed by atoms with van der Waals surface area (Å²) >= 11 is 0. The quantitative estimate of drug-likeness (QED) is 0.173. The van der Waals surface area contributed by atoms with Crippen molar-refractivity contribution < 1.29 is 0 Å². The van der Waals surface area contributed by atoms with E-state index in [2.05, 4.69) is 229 Å². The third kappa shape index (κ3) is 5.66. The van der Waals surface area contributed by atoms with Crippen LogP contribution in [0, 0.1) is 0 Å². The molecule has 0 fully saturated rings. The minimum atomic E-state index is -0.172. The number of fused-ring (bicyclic) bond motifs is 12. The topological polar surface area (TPSA) is 35.6 Å². The zero-order chi connectivity index (χ0) is 44.4. The molecular weight excluding hydrogens is 813 g/mol. The van der Waals surface area contributed by atoms with Crippen molar-refractivity contribution in [3.63, 3.8) is 0 Å². The van der Waals surface area contributed by atoms with Gasteiger partial charge < -0.3 is 9.13 Å². The van der Waals surface area contributed by atoms with Gasteiger partial charge in [0.1, 0.15) is 0 Å². The SMILES string of the molecule is CC1(C)c2cc3c(cc2-c2c1ccc1c2=CCCC=1)c1cc(-c2ccc4c(c2)c2ccccc2n4-c2ccccc2)ccc1n3-c1cccc(-c2nc(-c3ccccc3)c3ccccc3n2)c1. The van der Waals surface area contributed by atoms with Crippen LogP contribution in [0.5, 0.6) is 0 Å². The molecule has 12 aromatic rings. The Morgan fingerprint density at radius 1 is 0.418 bits per heavy atom. The Hall–Kier alpha value is -8.34. The highest BCUT2D eigenvalue weighted by Crippen LogP contribution is 2.50. The average Bonchev–Trinajstić information content (AvgIpc) is 3.97. The Kier molecular flexibility index (Phi) is 8.12. The van der Waals surface area contributed by atoms with Crippen molar-refractivity contribution in [1.82, 2.24) is 19.1 Å². The van der Waals surface area contributed by atoms with Gasteiger partial charge in [0, 0.05) is 54.8 Å². The second kappa shape index (κ2) is 14.3. The molecule has 316 valence electrons. The van der Waals surface area contributed by atoms with Crippen molar-refractivity contribution >= 4 is 66.7 Å². The molecule has 3 heterocycles. The van der Waals surface area contributed by atoms with Gasteiger partial charge in [-0.25, -0.2) is 9.97 Å². The predicted octanol–water partition coefficient (Wildman–Crippen LogP) is 14.5. The van der Waals surface area contributed by atoms with E-state index in [-0.39, 0.29) is 5.41 Å². The predicted molar refractivity (Wildman–Crippen MR) is 280 cm³/mol.